The lowest BCUT2D eigenvalue weighted by Gasteiger charge is -2.35. The molecule has 1 saturated heterocycles. The van der Waals surface area contributed by atoms with Crippen molar-refractivity contribution in [3.8, 4) is 0 Å². The third kappa shape index (κ3) is 4.95. The van der Waals surface area contributed by atoms with Gasteiger partial charge in [0.2, 0.25) is 10.0 Å². The number of halogens is 3. The van der Waals surface area contributed by atoms with Crippen LogP contribution in [-0.4, -0.2) is 46.2 Å². The summed E-state index contributed by atoms with van der Waals surface area (Å²) in [5.41, 5.74) is 0.862. The summed E-state index contributed by atoms with van der Waals surface area (Å²) in [7, 11) is -3.84. The molecule has 1 aliphatic rings. The maximum absolute atomic E-state index is 12.8. The molecule has 9 heteroatoms. The molecule has 2 aromatic rings. The second-order valence-electron chi connectivity index (χ2n) is 6.09. The van der Waals surface area contributed by atoms with E-state index in [9.17, 15) is 8.42 Å². The van der Waals surface area contributed by atoms with Gasteiger partial charge in [-0.2, -0.15) is 0 Å². The molecular formula is C18H19Cl3N2O3S. The smallest absolute Gasteiger partial charge is 0.242 e. The zero-order chi connectivity index (χ0) is 19.4. The highest BCUT2D eigenvalue weighted by Gasteiger charge is 2.27. The zero-order valence-electron chi connectivity index (χ0n) is 14.4. The first-order valence-electron chi connectivity index (χ1n) is 8.40. The van der Waals surface area contributed by atoms with Gasteiger partial charge in [0.15, 0.2) is 0 Å². The summed E-state index contributed by atoms with van der Waals surface area (Å²) in [6.07, 6.45) is 0. The van der Waals surface area contributed by atoms with Crippen molar-refractivity contribution in [1.29, 1.82) is 0 Å². The van der Waals surface area contributed by atoms with Crippen molar-refractivity contribution in [1.82, 2.24) is 9.62 Å². The van der Waals surface area contributed by atoms with E-state index < -0.39 is 10.0 Å². The van der Waals surface area contributed by atoms with E-state index in [2.05, 4.69) is 9.62 Å². The Morgan fingerprint density at radius 1 is 1.00 bits per heavy atom. The predicted octanol–water partition coefficient (Wildman–Crippen LogP) is 4.00. The minimum absolute atomic E-state index is 0.00679. The van der Waals surface area contributed by atoms with Gasteiger partial charge in [0, 0.05) is 30.7 Å². The van der Waals surface area contributed by atoms with Gasteiger partial charge in [0.1, 0.15) is 4.90 Å². The van der Waals surface area contributed by atoms with Gasteiger partial charge >= 0.3 is 0 Å². The maximum atomic E-state index is 12.8. The molecule has 0 bridgehead atoms. The van der Waals surface area contributed by atoms with E-state index in [0.717, 1.165) is 5.56 Å². The number of hydrogen-bond donors (Lipinski definition) is 1. The summed E-state index contributed by atoms with van der Waals surface area (Å²) in [6.45, 7) is 2.71. The number of nitrogens with one attached hydrogen (secondary N) is 1. The number of benzene rings is 2. The lowest BCUT2D eigenvalue weighted by atomic mass is 10.0. The Balaban J connectivity index is 1.86. The first-order valence-corrected chi connectivity index (χ1v) is 11.0. The van der Waals surface area contributed by atoms with Crippen LogP contribution in [0.2, 0.25) is 15.1 Å². The molecular weight excluding hydrogens is 431 g/mol. The predicted molar refractivity (Wildman–Crippen MR) is 108 cm³/mol. The van der Waals surface area contributed by atoms with Crippen molar-refractivity contribution in [3.63, 3.8) is 0 Å². The third-order valence-corrected chi connectivity index (χ3v) is 7.16. The molecule has 2 aromatic carbocycles. The molecule has 1 heterocycles. The van der Waals surface area contributed by atoms with E-state index in [1.54, 1.807) is 18.2 Å². The molecule has 0 aromatic heterocycles. The van der Waals surface area contributed by atoms with Crippen molar-refractivity contribution in [2.24, 2.45) is 0 Å². The summed E-state index contributed by atoms with van der Waals surface area (Å²) in [6, 6.07) is 11.7. The lowest BCUT2D eigenvalue weighted by molar-refractivity contribution is 0.0172. The second-order valence-corrected chi connectivity index (χ2v) is 9.02. The number of hydrogen-bond acceptors (Lipinski definition) is 4. The lowest BCUT2D eigenvalue weighted by Crippen LogP contribution is -2.44. The normalized spacial score (nSPS) is 17.0. The number of sulfonamides is 1. The Bertz CT molecular complexity index is 902. The maximum Gasteiger partial charge on any atom is 0.242 e. The summed E-state index contributed by atoms with van der Waals surface area (Å²) in [4.78, 5) is 2.11. The average molecular weight is 450 g/mol. The summed E-state index contributed by atoms with van der Waals surface area (Å²) < 4.78 is 33.6. The van der Waals surface area contributed by atoms with Crippen LogP contribution in [0.1, 0.15) is 11.6 Å². The summed E-state index contributed by atoms with van der Waals surface area (Å²) in [5, 5.41) is 0.789. The molecule has 1 fully saturated rings. The monoisotopic (exact) mass is 448 g/mol. The topological polar surface area (TPSA) is 58.6 Å². The summed E-state index contributed by atoms with van der Waals surface area (Å²) in [5.74, 6) is 0. The number of ether oxygens (including phenoxy) is 1. The molecule has 1 aliphatic heterocycles. The minimum atomic E-state index is -3.84. The minimum Gasteiger partial charge on any atom is -0.379 e. The van der Waals surface area contributed by atoms with Gasteiger partial charge in [-0.3, -0.25) is 4.90 Å². The Labute approximate surface area is 174 Å². The fourth-order valence-corrected chi connectivity index (χ4v) is 5.09. The van der Waals surface area contributed by atoms with E-state index >= 15 is 0 Å². The SMILES string of the molecule is O=S(=O)(NCC(c1ccccc1Cl)N1CCOCC1)c1cccc(Cl)c1Cl. The van der Waals surface area contributed by atoms with Crippen LogP contribution >= 0.6 is 34.8 Å². The van der Waals surface area contributed by atoms with Crippen molar-refractivity contribution in [3.05, 3.63) is 63.1 Å². The zero-order valence-corrected chi connectivity index (χ0v) is 17.5. The molecule has 3 rings (SSSR count). The quantitative estimate of drug-likeness (QED) is 0.724. The van der Waals surface area contributed by atoms with Crippen molar-refractivity contribution >= 4 is 44.8 Å². The Kier molecular flexibility index (Phi) is 7.03. The average Bonchev–Trinajstić information content (AvgIpc) is 2.66. The van der Waals surface area contributed by atoms with E-state index in [1.165, 1.54) is 6.07 Å². The third-order valence-electron chi connectivity index (χ3n) is 4.42. The van der Waals surface area contributed by atoms with Crippen LogP contribution in [0.25, 0.3) is 0 Å². The van der Waals surface area contributed by atoms with Gasteiger partial charge < -0.3 is 4.74 Å². The van der Waals surface area contributed by atoms with Gasteiger partial charge in [-0.15, -0.1) is 0 Å². The van der Waals surface area contributed by atoms with Crippen LogP contribution < -0.4 is 4.72 Å². The summed E-state index contributed by atoms with van der Waals surface area (Å²) >= 11 is 18.4. The van der Waals surface area contributed by atoms with E-state index in [0.29, 0.717) is 31.3 Å². The molecule has 0 amide bonds. The largest absolute Gasteiger partial charge is 0.379 e. The molecule has 1 atom stereocenters. The molecule has 146 valence electrons. The molecule has 27 heavy (non-hydrogen) atoms. The Morgan fingerprint density at radius 3 is 2.37 bits per heavy atom. The molecule has 0 aliphatic carbocycles. The Hall–Kier alpha value is -0.860. The standard InChI is InChI=1S/C18H19Cl3N2O3S/c19-14-5-2-1-4-13(14)16(23-8-10-26-11-9-23)12-22-27(24,25)17-7-3-6-15(20)18(17)21/h1-7,16,22H,8-12H2. The molecule has 5 nitrogen and oxygen atoms in total. The molecule has 1 N–H and O–H groups in total. The van der Waals surface area contributed by atoms with E-state index in [1.807, 2.05) is 18.2 Å². The van der Waals surface area contributed by atoms with Gasteiger partial charge in [-0.25, -0.2) is 13.1 Å². The van der Waals surface area contributed by atoms with Crippen LogP contribution in [0.4, 0.5) is 0 Å². The fourth-order valence-electron chi connectivity index (χ4n) is 3.03. The Morgan fingerprint density at radius 2 is 1.67 bits per heavy atom. The van der Waals surface area contributed by atoms with Gasteiger partial charge in [0.25, 0.3) is 0 Å². The highest BCUT2D eigenvalue weighted by Crippen LogP contribution is 2.31. The van der Waals surface area contributed by atoms with E-state index in [-0.39, 0.29) is 27.5 Å². The van der Waals surface area contributed by atoms with Gasteiger partial charge in [-0.05, 0) is 23.8 Å². The van der Waals surface area contributed by atoms with Crippen molar-refractivity contribution in [2.75, 3.05) is 32.8 Å². The first-order chi connectivity index (χ1) is 12.9. The molecule has 1 unspecified atom stereocenters. The highest BCUT2D eigenvalue weighted by molar-refractivity contribution is 7.89. The second kappa shape index (κ2) is 9.09. The first kappa shape index (κ1) is 20.9. The van der Waals surface area contributed by atoms with Gasteiger partial charge in [0.05, 0.1) is 23.3 Å². The van der Waals surface area contributed by atoms with Crippen LogP contribution in [-0.2, 0) is 14.8 Å². The van der Waals surface area contributed by atoms with Gasteiger partial charge in [-0.1, -0.05) is 59.1 Å². The van der Waals surface area contributed by atoms with Crippen molar-refractivity contribution in [2.45, 2.75) is 10.9 Å². The van der Waals surface area contributed by atoms with E-state index in [4.69, 9.17) is 39.5 Å². The van der Waals surface area contributed by atoms with Crippen molar-refractivity contribution < 1.29 is 13.2 Å². The number of morpholine rings is 1. The highest BCUT2D eigenvalue weighted by atomic mass is 35.5. The molecule has 0 saturated carbocycles. The molecule has 0 spiro atoms. The fraction of sp³-hybridized carbons (Fsp3) is 0.333. The van der Waals surface area contributed by atoms with Crippen LogP contribution in [0.15, 0.2) is 47.4 Å². The van der Waals surface area contributed by atoms with Crippen LogP contribution in [0.3, 0.4) is 0 Å². The number of rotatable bonds is 6. The molecule has 0 radical (unpaired) electrons. The van der Waals surface area contributed by atoms with Crippen LogP contribution in [0.5, 0.6) is 0 Å². The number of nitrogens with zero attached hydrogens (tertiary/aromatic N) is 1. The van der Waals surface area contributed by atoms with Crippen LogP contribution in [0, 0.1) is 0 Å².